The Kier molecular flexibility index (Phi) is 5.64. The summed E-state index contributed by atoms with van der Waals surface area (Å²) in [5, 5.41) is 6.31. The van der Waals surface area contributed by atoms with E-state index in [9.17, 15) is 4.79 Å². The van der Waals surface area contributed by atoms with Crippen molar-refractivity contribution >= 4 is 22.9 Å². The number of ether oxygens (including phenoxy) is 1. The Morgan fingerprint density at radius 1 is 1.08 bits per heavy atom. The number of hydrogen-bond acceptors (Lipinski definition) is 3. The summed E-state index contributed by atoms with van der Waals surface area (Å²) < 4.78 is 5.85. The van der Waals surface area contributed by atoms with Crippen molar-refractivity contribution in [1.29, 1.82) is 0 Å². The molecular formula is C22H22N2O2. The van der Waals surface area contributed by atoms with E-state index in [1.807, 2.05) is 61.5 Å². The van der Waals surface area contributed by atoms with Gasteiger partial charge in [-0.2, -0.15) is 5.10 Å². The largest absolute Gasteiger partial charge is 0.493 e. The molecule has 3 aromatic carbocycles. The van der Waals surface area contributed by atoms with E-state index >= 15 is 0 Å². The molecule has 26 heavy (non-hydrogen) atoms. The summed E-state index contributed by atoms with van der Waals surface area (Å²) >= 11 is 0. The topological polar surface area (TPSA) is 50.7 Å². The minimum atomic E-state index is -0.226. The van der Waals surface area contributed by atoms with Gasteiger partial charge in [0.25, 0.3) is 5.91 Å². The van der Waals surface area contributed by atoms with Crippen LogP contribution in [0.4, 0.5) is 0 Å². The molecule has 1 amide bonds. The number of nitrogens with zero attached hydrogens (tertiary/aromatic N) is 1. The van der Waals surface area contributed by atoms with E-state index in [0.29, 0.717) is 12.2 Å². The third kappa shape index (κ3) is 3.91. The van der Waals surface area contributed by atoms with Crippen molar-refractivity contribution in [2.24, 2.45) is 5.10 Å². The minimum absolute atomic E-state index is 0.226. The van der Waals surface area contributed by atoms with Crippen molar-refractivity contribution in [3.05, 3.63) is 77.4 Å². The van der Waals surface area contributed by atoms with Crippen LogP contribution in [0.5, 0.6) is 5.75 Å². The molecule has 0 spiro atoms. The molecule has 0 aliphatic carbocycles. The molecule has 3 aromatic rings. The van der Waals surface area contributed by atoms with Gasteiger partial charge in [-0.05, 0) is 41.8 Å². The lowest BCUT2D eigenvalue weighted by atomic mass is 10.0. The van der Waals surface area contributed by atoms with E-state index in [-0.39, 0.29) is 5.91 Å². The second-order valence-electron chi connectivity index (χ2n) is 6.06. The van der Waals surface area contributed by atoms with Gasteiger partial charge < -0.3 is 4.74 Å². The number of carbonyl (C=O) groups excluding carboxylic acids is 1. The molecule has 4 nitrogen and oxygen atoms in total. The Morgan fingerprint density at radius 3 is 2.65 bits per heavy atom. The lowest BCUT2D eigenvalue weighted by molar-refractivity contribution is 0.0954. The first-order valence-corrected chi connectivity index (χ1v) is 8.74. The average molecular weight is 346 g/mol. The fourth-order valence-corrected chi connectivity index (χ4v) is 2.79. The highest BCUT2D eigenvalue weighted by Crippen LogP contribution is 2.26. The van der Waals surface area contributed by atoms with E-state index in [1.165, 1.54) is 0 Å². The van der Waals surface area contributed by atoms with Gasteiger partial charge in [0.2, 0.25) is 0 Å². The molecule has 0 radical (unpaired) electrons. The van der Waals surface area contributed by atoms with Crippen LogP contribution in [-0.2, 0) is 0 Å². The van der Waals surface area contributed by atoms with E-state index in [2.05, 4.69) is 17.5 Å². The molecule has 0 heterocycles. The molecular weight excluding hydrogens is 324 g/mol. The molecule has 0 aliphatic rings. The highest BCUT2D eigenvalue weighted by atomic mass is 16.5. The zero-order valence-electron chi connectivity index (χ0n) is 15.0. The van der Waals surface area contributed by atoms with Crippen LogP contribution in [-0.4, -0.2) is 18.7 Å². The highest BCUT2D eigenvalue weighted by Gasteiger charge is 2.09. The van der Waals surface area contributed by atoms with Gasteiger partial charge in [0.1, 0.15) is 5.75 Å². The van der Waals surface area contributed by atoms with Crippen LogP contribution in [0.15, 0.2) is 65.8 Å². The molecule has 0 aromatic heterocycles. The second kappa shape index (κ2) is 8.30. The van der Waals surface area contributed by atoms with E-state index in [4.69, 9.17) is 4.74 Å². The molecule has 0 atom stereocenters. The summed E-state index contributed by atoms with van der Waals surface area (Å²) in [6, 6.07) is 19.5. The number of nitrogens with one attached hydrogen (secondary N) is 1. The first kappa shape index (κ1) is 17.7. The summed E-state index contributed by atoms with van der Waals surface area (Å²) in [5.74, 6) is 0.537. The standard InChI is InChI=1S/C22H22N2O2/c1-3-14-26-21-13-12-17-9-5-7-11-19(17)20(21)15-23-24-22(25)18-10-6-4-8-16(18)2/h4-13,15H,3,14H2,1-2H3,(H,24,25)/b23-15-. The number of rotatable bonds is 6. The number of hydrazone groups is 1. The number of benzene rings is 3. The van der Waals surface area contributed by atoms with Crippen molar-refractivity contribution in [1.82, 2.24) is 5.43 Å². The molecule has 0 fully saturated rings. The van der Waals surface area contributed by atoms with Gasteiger partial charge in [-0.15, -0.1) is 0 Å². The summed E-state index contributed by atoms with van der Waals surface area (Å²) in [4.78, 5) is 12.3. The Hall–Kier alpha value is -3.14. The zero-order valence-corrected chi connectivity index (χ0v) is 15.0. The van der Waals surface area contributed by atoms with Crippen molar-refractivity contribution in [2.75, 3.05) is 6.61 Å². The lowest BCUT2D eigenvalue weighted by Crippen LogP contribution is -2.18. The molecule has 4 heteroatoms. The van der Waals surface area contributed by atoms with Crippen LogP contribution in [0.3, 0.4) is 0 Å². The first-order chi connectivity index (χ1) is 12.7. The third-order valence-corrected chi connectivity index (χ3v) is 4.14. The summed E-state index contributed by atoms with van der Waals surface area (Å²) in [5.41, 5.74) is 5.00. The monoisotopic (exact) mass is 346 g/mol. The van der Waals surface area contributed by atoms with Crippen LogP contribution in [0.1, 0.15) is 34.8 Å². The summed E-state index contributed by atoms with van der Waals surface area (Å²) in [6.45, 7) is 4.60. The lowest BCUT2D eigenvalue weighted by Gasteiger charge is -2.11. The molecule has 0 unspecified atom stereocenters. The van der Waals surface area contributed by atoms with Crippen molar-refractivity contribution in [3.8, 4) is 5.75 Å². The molecule has 0 aliphatic heterocycles. The van der Waals surface area contributed by atoms with Crippen molar-refractivity contribution in [3.63, 3.8) is 0 Å². The van der Waals surface area contributed by atoms with Gasteiger partial charge in [-0.1, -0.05) is 55.5 Å². The molecule has 1 N–H and O–H groups in total. The van der Waals surface area contributed by atoms with Gasteiger partial charge in [-0.3, -0.25) is 4.79 Å². The highest BCUT2D eigenvalue weighted by molar-refractivity contribution is 6.03. The van der Waals surface area contributed by atoms with Gasteiger partial charge >= 0.3 is 0 Å². The SMILES string of the molecule is CCCOc1ccc2ccccc2c1/C=N\NC(=O)c1ccccc1C. The van der Waals surface area contributed by atoms with Crippen LogP contribution < -0.4 is 10.2 Å². The predicted octanol–water partition coefficient (Wildman–Crippen LogP) is 4.70. The van der Waals surface area contributed by atoms with E-state index in [0.717, 1.165) is 34.1 Å². The number of amides is 1. The molecule has 0 saturated carbocycles. The van der Waals surface area contributed by atoms with E-state index < -0.39 is 0 Å². The maximum Gasteiger partial charge on any atom is 0.271 e. The second-order valence-corrected chi connectivity index (χ2v) is 6.06. The number of aryl methyl sites for hydroxylation is 1. The molecule has 132 valence electrons. The number of hydrogen-bond donors (Lipinski definition) is 1. The molecule has 0 saturated heterocycles. The van der Waals surface area contributed by atoms with Crippen LogP contribution in [0, 0.1) is 6.92 Å². The number of carbonyl (C=O) groups is 1. The zero-order chi connectivity index (χ0) is 18.4. The van der Waals surface area contributed by atoms with Crippen LogP contribution in [0.2, 0.25) is 0 Å². The van der Waals surface area contributed by atoms with Crippen LogP contribution in [0.25, 0.3) is 10.8 Å². The van der Waals surface area contributed by atoms with Crippen molar-refractivity contribution < 1.29 is 9.53 Å². The van der Waals surface area contributed by atoms with Gasteiger partial charge in [0, 0.05) is 11.1 Å². The van der Waals surface area contributed by atoms with Gasteiger partial charge in [0.15, 0.2) is 0 Å². The third-order valence-electron chi connectivity index (χ3n) is 4.14. The maximum atomic E-state index is 12.3. The van der Waals surface area contributed by atoms with E-state index in [1.54, 1.807) is 12.3 Å². The predicted molar refractivity (Wildman–Crippen MR) is 106 cm³/mol. The maximum absolute atomic E-state index is 12.3. The number of fused-ring (bicyclic) bond motifs is 1. The normalized spacial score (nSPS) is 11.0. The fourth-order valence-electron chi connectivity index (χ4n) is 2.79. The molecule has 0 bridgehead atoms. The van der Waals surface area contributed by atoms with Crippen molar-refractivity contribution in [2.45, 2.75) is 20.3 Å². The molecule has 3 rings (SSSR count). The smallest absolute Gasteiger partial charge is 0.271 e. The Morgan fingerprint density at radius 2 is 1.85 bits per heavy atom. The first-order valence-electron chi connectivity index (χ1n) is 8.74. The van der Waals surface area contributed by atoms with Crippen LogP contribution >= 0.6 is 0 Å². The quantitative estimate of drug-likeness (QED) is 0.519. The summed E-state index contributed by atoms with van der Waals surface area (Å²) in [6.07, 6.45) is 2.58. The van der Waals surface area contributed by atoms with Gasteiger partial charge in [-0.25, -0.2) is 5.43 Å². The average Bonchev–Trinajstić information content (AvgIpc) is 2.67. The Labute approximate surface area is 153 Å². The summed E-state index contributed by atoms with van der Waals surface area (Å²) in [7, 11) is 0. The Balaban J connectivity index is 1.88. The fraction of sp³-hybridized carbons (Fsp3) is 0.182. The Bertz CT molecular complexity index is 948. The van der Waals surface area contributed by atoms with Gasteiger partial charge in [0.05, 0.1) is 12.8 Å². The minimum Gasteiger partial charge on any atom is -0.493 e.